The molecule has 2 rings (SSSR count). The van der Waals surface area contributed by atoms with E-state index >= 15 is 0 Å². The fourth-order valence-corrected chi connectivity index (χ4v) is 2.97. The lowest BCUT2D eigenvalue weighted by Crippen LogP contribution is -2.27. The van der Waals surface area contributed by atoms with Gasteiger partial charge in [0.2, 0.25) is 0 Å². The van der Waals surface area contributed by atoms with Gasteiger partial charge in [-0.25, -0.2) is 0 Å². The molecule has 150 valence electrons. The zero-order chi connectivity index (χ0) is 20.7. The third-order valence-electron chi connectivity index (χ3n) is 4.64. The van der Waals surface area contributed by atoms with Crippen LogP contribution in [0.4, 0.5) is 11.4 Å². The zero-order valence-corrected chi connectivity index (χ0v) is 17.5. The summed E-state index contributed by atoms with van der Waals surface area (Å²) in [7, 11) is 0. The van der Waals surface area contributed by atoms with Crippen LogP contribution in [0.25, 0.3) is 0 Å². The minimum Gasteiger partial charge on any atom is -0.372 e. The van der Waals surface area contributed by atoms with Crippen molar-refractivity contribution in [2.75, 3.05) is 29.9 Å². The number of aryl methyl sites for hydroxylation is 1. The maximum absolute atomic E-state index is 12.7. The van der Waals surface area contributed by atoms with Gasteiger partial charge in [0.25, 0.3) is 11.8 Å². The molecule has 0 spiro atoms. The Hall–Kier alpha value is -2.82. The van der Waals surface area contributed by atoms with Crippen LogP contribution in [0.2, 0.25) is 0 Å². The zero-order valence-electron chi connectivity index (χ0n) is 17.5. The van der Waals surface area contributed by atoms with Gasteiger partial charge in [-0.1, -0.05) is 19.9 Å². The Labute approximate surface area is 168 Å². The summed E-state index contributed by atoms with van der Waals surface area (Å²) in [4.78, 5) is 27.2. The Bertz CT molecular complexity index is 826. The van der Waals surface area contributed by atoms with Gasteiger partial charge >= 0.3 is 0 Å². The van der Waals surface area contributed by atoms with Crippen molar-refractivity contribution in [1.29, 1.82) is 0 Å². The molecule has 0 aliphatic heterocycles. The first-order valence-electron chi connectivity index (χ1n) is 9.90. The fourth-order valence-electron chi connectivity index (χ4n) is 2.97. The second kappa shape index (κ2) is 9.93. The lowest BCUT2D eigenvalue weighted by atomic mass is 10.1. The van der Waals surface area contributed by atoms with Crippen LogP contribution in [0, 0.1) is 12.8 Å². The van der Waals surface area contributed by atoms with Crippen LogP contribution in [-0.2, 0) is 0 Å². The van der Waals surface area contributed by atoms with Gasteiger partial charge in [-0.3, -0.25) is 9.59 Å². The summed E-state index contributed by atoms with van der Waals surface area (Å²) in [5, 5.41) is 5.83. The Morgan fingerprint density at radius 2 is 1.61 bits per heavy atom. The summed E-state index contributed by atoms with van der Waals surface area (Å²) >= 11 is 0. The van der Waals surface area contributed by atoms with E-state index in [1.54, 1.807) is 24.3 Å². The minimum absolute atomic E-state index is 0.164. The van der Waals surface area contributed by atoms with Gasteiger partial charge in [0.1, 0.15) is 0 Å². The number of anilines is 2. The normalized spacial score (nSPS) is 10.6. The largest absolute Gasteiger partial charge is 0.372 e. The molecule has 2 amide bonds. The van der Waals surface area contributed by atoms with Crippen LogP contribution >= 0.6 is 0 Å². The molecule has 0 saturated heterocycles. The number of carbonyl (C=O) groups is 2. The summed E-state index contributed by atoms with van der Waals surface area (Å²) in [5.41, 5.74) is 3.87. The van der Waals surface area contributed by atoms with E-state index in [-0.39, 0.29) is 11.8 Å². The van der Waals surface area contributed by atoms with E-state index in [2.05, 4.69) is 35.4 Å². The maximum Gasteiger partial charge on any atom is 0.255 e. The number of rotatable bonds is 8. The monoisotopic (exact) mass is 381 g/mol. The van der Waals surface area contributed by atoms with Crippen molar-refractivity contribution >= 4 is 23.2 Å². The number of hydrogen-bond donors (Lipinski definition) is 2. The predicted octanol–water partition coefficient (Wildman–Crippen LogP) is 4.48. The van der Waals surface area contributed by atoms with E-state index in [9.17, 15) is 9.59 Å². The number of hydrogen-bond acceptors (Lipinski definition) is 3. The molecule has 5 heteroatoms. The summed E-state index contributed by atoms with van der Waals surface area (Å²) in [6.45, 7) is 12.8. The van der Waals surface area contributed by atoms with Crippen molar-refractivity contribution in [1.82, 2.24) is 5.32 Å². The molecule has 0 aliphatic carbocycles. The molecule has 0 heterocycles. The third kappa shape index (κ3) is 5.59. The van der Waals surface area contributed by atoms with E-state index < -0.39 is 0 Å². The second-order valence-electron chi connectivity index (χ2n) is 7.31. The molecule has 0 atom stereocenters. The lowest BCUT2D eigenvalue weighted by molar-refractivity contribution is 0.0949. The Balaban J connectivity index is 2.13. The van der Waals surface area contributed by atoms with Gasteiger partial charge < -0.3 is 15.5 Å². The molecule has 2 N–H and O–H groups in total. The Kier molecular flexibility index (Phi) is 7.61. The van der Waals surface area contributed by atoms with Crippen LogP contribution < -0.4 is 15.5 Å². The molecule has 2 aromatic carbocycles. The van der Waals surface area contributed by atoms with Crippen molar-refractivity contribution in [3.63, 3.8) is 0 Å². The van der Waals surface area contributed by atoms with Crippen molar-refractivity contribution in [3.8, 4) is 0 Å². The molecule has 0 fully saturated rings. The van der Waals surface area contributed by atoms with Gasteiger partial charge in [-0.05, 0) is 68.7 Å². The van der Waals surface area contributed by atoms with E-state index in [4.69, 9.17) is 0 Å². The molecular formula is C23H31N3O2. The van der Waals surface area contributed by atoms with Crippen LogP contribution in [0.3, 0.4) is 0 Å². The molecule has 2 aromatic rings. The van der Waals surface area contributed by atoms with E-state index in [0.29, 0.717) is 23.6 Å². The van der Waals surface area contributed by atoms with Gasteiger partial charge in [0.15, 0.2) is 0 Å². The average molecular weight is 382 g/mol. The fraction of sp³-hybridized carbons (Fsp3) is 0.391. The highest BCUT2D eigenvalue weighted by Gasteiger charge is 2.13. The molecule has 0 aromatic heterocycles. The number of benzene rings is 2. The minimum atomic E-state index is -0.225. The lowest BCUT2D eigenvalue weighted by Gasteiger charge is -2.22. The van der Waals surface area contributed by atoms with Gasteiger partial charge in [0, 0.05) is 42.1 Å². The number of amides is 2. The molecule has 28 heavy (non-hydrogen) atoms. The summed E-state index contributed by atoms with van der Waals surface area (Å²) in [6, 6.07) is 12.8. The van der Waals surface area contributed by atoms with Crippen molar-refractivity contribution in [2.24, 2.45) is 5.92 Å². The van der Waals surface area contributed by atoms with E-state index in [0.717, 1.165) is 30.0 Å². The van der Waals surface area contributed by atoms with Gasteiger partial charge in [-0.2, -0.15) is 0 Å². The SMILES string of the molecule is CCN(CC)c1ccc(NC(=O)c2cccc(C(=O)NCC(C)C)c2)c(C)c1. The van der Waals surface area contributed by atoms with E-state index in [1.807, 2.05) is 32.9 Å². The standard InChI is InChI=1S/C23H31N3O2/c1-6-26(7-2)20-11-12-21(17(5)13-20)25-23(28)19-10-8-9-18(14-19)22(27)24-15-16(3)4/h8-14,16H,6-7,15H2,1-5H3,(H,24,27)(H,25,28). The van der Waals surface area contributed by atoms with Gasteiger partial charge in [-0.15, -0.1) is 0 Å². The third-order valence-corrected chi connectivity index (χ3v) is 4.64. The van der Waals surface area contributed by atoms with Crippen LogP contribution in [0.15, 0.2) is 42.5 Å². The summed E-state index contributed by atoms with van der Waals surface area (Å²) < 4.78 is 0. The van der Waals surface area contributed by atoms with Crippen molar-refractivity contribution in [2.45, 2.75) is 34.6 Å². The van der Waals surface area contributed by atoms with Crippen molar-refractivity contribution < 1.29 is 9.59 Å². The molecular weight excluding hydrogens is 350 g/mol. The van der Waals surface area contributed by atoms with Crippen molar-refractivity contribution in [3.05, 3.63) is 59.2 Å². The number of nitrogens with one attached hydrogen (secondary N) is 2. The predicted molar refractivity (Wildman–Crippen MR) is 116 cm³/mol. The first-order valence-corrected chi connectivity index (χ1v) is 9.90. The molecule has 0 aliphatic rings. The number of nitrogens with zero attached hydrogens (tertiary/aromatic N) is 1. The Morgan fingerprint density at radius 3 is 2.18 bits per heavy atom. The number of carbonyl (C=O) groups excluding carboxylic acids is 2. The second-order valence-corrected chi connectivity index (χ2v) is 7.31. The molecule has 0 unspecified atom stereocenters. The maximum atomic E-state index is 12.7. The molecule has 0 saturated carbocycles. The topological polar surface area (TPSA) is 61.4 Å². The van der Waals surface area contributed by atoms with Gasteiger partial charge in [0.05, 0.1) is 0 Å². The molecule has 0 bridgehead atoms. The highest BCUT2D eigenvalue weighted by Crippen LogP contribution is 2.23. The highest BCUT2D eigenvalue weighted by atomic mass is 16.2. The molecule has 5 nitrogen and oxygen atoms in total. The first-order chi connectivity index (χ1) is 13.3. The molecule has 0 radical (unpaired) electrons. The summed E-state index contributed by atoms with van der Waals surface area (Å²) in [5.74, 6) is -0.0157. The first kappa shape index (κ1) is 21.5. The average Bonchev–Trinajstić information content (AvgIpc) is 2.69. The Morgan fingerprint density at radius 1 is 0.964 bits per heavy atom. The highest BCUT2D eigenvalue weighted by molar-refractivity contribution is 6.06. The summed E-state index contributed by atoms with van der Waals surface area (Å²) in [6.07, 6.45) is 0. The quantitative estimate of drug-likeness (QED) is 0.709. The van der Waals surface area contributed by atoms with Crippen LogP contribution in [0.1, 0.15) is 54.0 Å². The van der Waals surface area contributed by atoms with E-state index in [1.165, 1.54) is 0 Å². The van der Waals surface area contributed by atoms with Crippen LogP contribution in [0.5, 0.6) is 0 Å². The smallest absolute Gasteiger partial charge is 0.255 e. The van der Waals surface area contributed by atoms with Crippen LogP contribution in [-0.4, -0.2) is 31.4 Å².